The predicted octanol–water partition coefficient (Wildman–Crippen LogP) is 1.22. The Morgan fingerprint density at radius 2 is 1.69 bits per heavy atom. The third-order valence-corrected chi connectivity index (χ3v) is 4.99. The van der Waals surface area contributed by atoms with Crippen molar-refractivity contribution in [1.29, 1.82) is 0 Å². The van der Waals surface area contributed by atoms with Crippen molar-refractivity contribution in [3.63, 3.8) is 0 Å². The van der Waals surface area contributed by atoms with Crippen molar-refractivity contribution in [3.8, 4) is 0 Å². The average Bonchev–Trinajstić information content (AvgIpc) is 2.24. The lowest BCUT2D eigenvalue weighted by Crippen LogP contribution is -2.32. The zero-order valence-electron chi connectivity index (χ0n) is 8.74. The first-order valence-corrected chi connectivity index (χ1v) is 6.39. The van der Waals surface area contributed by atoms with Crippen LogP contribution < -0.4 is 4.72 Å². The molecular formula is C9H19NO2S. The maximum absolute atomic E-state index is 11.6. The Hall–Kier alpha value is -0.0900. The minimum Gasteiger partial charge on any atom is -0.215 e. The Morgan fingerprint density at radius 3 is 2.00 bits per heavy atom. The molecule has 1 heterocycles. The quantitative estimate of drug-likeness (QED) is 0.736. The van der Waals surface area contributed by atoms with E-state index in [1.807, 2.05) is 13.8 Å². The van der Waals surface area contributed by atoms with Crippen LogP contribution in [0.3, 0.4) is 0 Å². The van der Waals surface area contributed by atoms with Crippen LogP contribution in [-0.2, 0) is 10.0 Å². The van der Waals surface area contributed by atoms with E-state index < -0.39 is 10.0 Å². The SMILES string of the molecule is CC(C)[C@H]1CNS(=O)(=O)[C@H]1C(C)C. The van der Waals surface area contributed by atoms with Crippen LogP contribution in [0.5, 0.6) is 0 Å². The van der Waals surface area contributed by atoms with Crippen molar-refractivity contribution in [2.75, 3.05) is 6.54 Å². The van der Waals surface area contributed by atoms with Crippen molar-refractivity contribution >= 4 is 10.0 Å². The van der Waals surface area contributed by atoms with Gasteiger partial charge in [0.1, 0.15) is 0 Å². The molecular weight excluding hydrogens is 186 g/mol. The first-order chi connectivity index (χ1) is 5.86. The molecule has 0 radical (unpaired) electrons. The Balaban J connectivity index is 2.93. The van der Waals surface area contributed by atoms with Gasteiger partial charge in [0, 0.05) is 6.54 Å². The van der Waals surface area contributed by atoms with Crippen LogP contribution in [0.25, 0.3) is 0 Å². The minimum absolute atomic E-state index is 0.201. The summed E-state index contributed by atoms with van der Waals surface area (Å²) in [7, 11) is -3.03. The van der Waals surface area contributed by atoms with Crippen molar-refractivity contribution in [2.45, 2.75) is 32.9 Å². The molecule has 0 amide bonds. The minimum atomic E-state index is -3.03. The molecule has 78 valence electrons. The highest BCUT2D eigenvalue weighted by Crippen LogP contribution is 2.30. The molecule has 1 rings (SSSR count). The molecule has 0 saturated carbocycles. The molecule has 1 aliphatic rings. The summed E-state index contributed by atoms with van der Waals surface area (Å²) in [5.74, 6) is 0.898. The van der Waals surface area contributed by atoms with Crippen LogP contribution in [-0.4, -0.2) is 20.2 Å². The summed E-state index contributed by atoms with van der Waals surface area (Å²) < 4.78 is 25.8. The van der Waals surface area contributed by atoms with E-state index in [1.165, 1.54) is 0 Å². The zero-order valence-corrected chi connectivity index (χ0v) is 9.56. The van der Waals surface area contributed by atoms with Gasteiger partial charge in [-0.05, 0) is 17.8 Å². The Bertz CT molecular complexity index is 269. The maximum atomic E-state index is 11.6. The van der Waals surface area contributed by atoms with Gasteiger partial charge in [0.15, 0.2) is 0 Å². The molecule has 0 aromatic carbocycles. The van der Waals surface area contributed by atoms with Crippen LogP contribution in [0.15, 0.2) is 0 Å². The highest BCUT2D eigenvalue weighted by Gasteiger charge is 2.42. The van der Waals surface area contributed by atoms with E-state index in [0.717, 1.165) is 0 Å². The number of nitrogens with one attached hydrogen (secondary N) is 1. The van der Waals surface area contributed by atoms with Gasteiger partial charge in [-0.2, -0.15) is 0 Å². The summed E-state index contributed by atoms with van der Waals surface area (Å²) in [5, 5.41) is -0.201. The van der Waals surface area contributed by atoms with E-state index in [0.29, 0.717) is 12.5 Å². The lowest BCUT2D eigenvalue weighted by Gasteiger charge is -2.23. The normalized spacial score (nSPS) is 33.1. The van der Waals surface area contributed by atoms with Crippen molar-refractivity contribution in [3.05, 3.63) is 0 Å². The largest absolute Gasteiger partial charge is 0.215 e. The van der Waals surface area contributed by atoms with Gasteiger partial charge in [-0.25, -0.2) is 13.1 Å². The van der Waals surface area contributed by atoms with Crippen LogP contribution in [0, 0.1) is 17.8 Å². The van der Waals surface area contributed by atoms with Crippen LogP contribution in [0.4, 0.5) is 0 Å². The van der Waals surface area contributed by atoms with Crippen LogP contribution in [0.2, 0.25) is 0 Å². The van der Waals surface area contributed by atoms with Gasteiger partial charge in [-0.15, -0.1) is 0 Å². The van der Waals surface area contributed by atoms with E-state index in [-0.39, 0.29) is 17.1 Å². The van der Waals surface area contributed by atoms with E-state index in [2.05, 4.69) is 18.6 Å². The molecule has 2 atom stereocenters. The highest BCUT2D eigenvalue weighted by molar-refractivity contribution is 7.90. The van der Waals surface area contributed by atoms with E-state index in [4.69, 9.17) is 0 Å². The molecule has 0 unspecified atom stereocenters. The van der Waals surface area contributed by atoms with Crippen molar-refractivity contribution in [2.24, 2.45) is 17.8 Å². The molecule has 13 heavy (non-hydrogen) atoms. The first kappa shape index (κ1) is 11.0. The molecule has 0 aromatic heterocycles. The smallest absolute Gasteiger partial charge is 0.215 e. The van der Waals surface area contributed by atoms with Crippen LogP contribution in [0.1, 0.15) is 27.7 Å². The predicted molar refractivity (Wildman–Crippen MR) is 53.9 cm³/mol. The Kier molecular flexibility index (Phi) is 3.02. The van der Waals surface area contributed by atoms with E-state index in [1.54, 1.807) is 0 Å². The van der Waals surface area contributed by atoms with Gasteiger partial charge in [-0.1, -0.05) is 27.7 Å². The lowest BCUT2D eigenvalue weighted by atomic mass is 9.87. The molecule has 0 spiro atoms. The summed E-state index contributed by atoms with van der Waals surface area (Å²) in [4.78, 5) is 0. The number of hydrogen-bond acceptors (Lipinski definition) is 2. The molecule has 0 aromatic rings. The fourth-order valence-electron chi connectivity index (χ4n) is 2.12. The van der Waals surface area contributed by atoms with Gasteiger partial charge in [0.2, 0.25) is 10.0 Å². The van der Waals surface area contributed by atoms with Gasteiger partial charge in [0.05, 0.1) is 5.25 Å². The molecule has 4 heteroatoms. The third kappa shape index (κ3) is 2.05. The summed E-state index contributed by atoms with van der Waals surface area (Å²) in [5.41, 5.74) is 0. The molecule has 1 fully saturated rings. The molecule has 1 aliphatic heterocycles. The topological polar surface area (TPSA) is 46.2 Å². The van der Waals surface area contributed by atoms with Crippen molar-refractivity contribution in [1.82, 2.24) is 4.72 Å². The summed E-state index contributed by atoms with van der Waals surface area (Å²) >= 11 is 0. The van der Waals surface area contributed by atoms with Gasteiger partial charge in [-0.3, -0.25) is 0 Å². The second-order valence-electron chi connectivity index (χ2n) is 4.51. The summed E-state index contributed by atoms with van der Waals surface area (Å²) in [6.45, 7) is 8.74. The summed E-state index contributed by atoms with van der Waals surface area (Å²) in [6, 6.07) is 0. The zero-order chi connectivity index (χ0) is 10.2. The molecule has 1 N–H and O–H groups in total. The molecule has 0 bridgehead atoms. The number of rotatable bonds is 2. The van der Waals surface area contributed by atoms with Gasteiger partial charge >= 0.3 is 0 Å². The fourth-order valence-corrected chi connectivity index (χ4v) is 4.33. The highest BCUT2D eigenvalue weighted by atomic mass is 32.2. The monoisotopic (exact) mass is 205 g/mol. The van der Waals surface area contributed by atoms with Gasteiger partial charge < -0.3 is 0 Å². The third-order valence-electron chi connectivity index (χ3n) is 2.81. The second kappa shape index (κ2) is 3.58. The second-order valence-corrected chi connectivity index (χ2v) is 6.43. The van der Waals surface area contributed by atoms with E-state index >= 15 is 0 Å². The van der Waals surface area contributed by atoms with E-state index in [9.17, 15) is 8.42 Å². The average molecular weight is 205 g/mol. The molecule has 3 nitrogen and oxygen atoms in total. The first-order valence-electron chi connectivity index (χ1n) is 4.84. The van der Waals surface area contributed by atoms with Gasteiger partial charge in [0.25, 0.3) is 0 Å². The summed E-state index contributed by atoms with van der Waals surface area (Å²) in [6.07, 6.45) is 0. The number of hydrogen-bond donors (Lipinski definition) is 1. The fraction of sp³-hybridized carbons (Fsp3) is 1.00. The standard InChI is InChI=1S/C9H19NO2S/c1-6(2)8-5-10-13(11,12)9(8)7(3)4/h6-10H,5H2,1-4H3/t8-,9+/m1/s1. The Labute approximate surface area is 81.0 Å². The number of sulfonamides is 1. The molecule has 1 saturated heterocycles. The Morgan fingerprint density at radius 1 is 1.15 bits per heavy atom. The van der Waals surface area contributed by atoms with Crippen molar-refractivity contribution < 1.29 is 8.42 Å². The maximum Gasteiger partial charge on any atom is 0.215 e. The lowest BCUT2D eigenvalue weighted by molar-refractivity contribution is 0.345. The molecule has 0 aliphatic carbocycles. The van der Waals surface area contributed by atoms with Crippen LogP contribution >= 0.6 is 0 Å².